The van der Waals surface area contributed by atoms with Crippen LogP contribution in [0.25, 0.3) is 0 Å². The Labute approximate surface area is 427 Å². The minimum atomic E-state index is -4.75. The third kappa shape index (κ3) is 50.1. The molecule has 0 amide bonds. The number of carbonyl (C=O) groups excluding carboxylic acids is 3. The standard InChI is InChI=1S/C58H103O11P/c1-4-7-10-13-16-19-21-23-25-27-29-31-33-36-38-41-44-47-56(60)65-51-55(69-58(62)49-46-43-40-37-34-32-30-28-26-24-22-20-17-14-11-8-5-2)53-67-70(63,64)66-52-54(50-59)68-57(61)48-45-42-39-35-18-15-12-9-6-3/h8,11,17,20,24,26,30,32,37,40,54-55,59H,4-7,9-10,12-16,18-19,21-23,25,27-29,31,33-36,38-39,41-53H2,1-3H3,(H,63,64)/b11-8-,20-17-,26-24-,32-30-,40-37-. The van der Waals surface area contributed by atoms with Crippen LogP contribution in [0.4, 0.5) is 0 Å². The summed E-state index contributed by atoms with van der Waals surface area (Å²) >= 11 is 0. The smallest absolute Gasteiger partial charge is 0.462 e. The molecule has 3 unspecified atom stereocenters. The number of carbonyl (C=O) groups is 3. The van der Waals surface area contributed by atoms with Gasteiger partial charge in [0.2, 0.25) is 0 Å². The van der Waals surface area contributed by atoms with Crippen LogP contribution in [0.2, 0.25) is 0 Å². The summed E-state index contributed by atoms with van der Waals surface area (Å²) in [6.45, 7) is 4.46. The average molecular weight is 1010 g/mol. The summed E-state index contributed by atoms with van der Waals surface area (Å²) < 4.78 is 39.4. The molecule has 0 heterocycles. The molecule has 0 aliphatic heterocycles. The summed E-state index contributed by atoms with van der Waals surface area (Å²) in [5.74, 6) is -1.53. The Morgan fingerprint density at radius 3 is 1.14 bits per heavy atom. The zero-order valence-corrected chi connectivity index (χ0v) is 45.6. The molecule has 0 aromatic carbocycles. The molecule has 70 heavy (non-hydrogen) atoms. The van der Waals surface area contributed by atoms with Gasteiger partial charge < -0.3 is 24.2 Å². The van der Waals surface area contributed by atoms with Gasteiger partial charge in [-0.05, 0) is 57.8 Å². The number of allylic oxidation sites excluding steroid dienone is 10. The summed E-state index contributed by atoms with van der Waals surface area (Å²) in [4.78, 5) is 48.4. The highest BCUT2D eigenvalue weighted by molar-refractivity contribution is 7.47. The summed E-state index contributed by atoms with van der Waals surface area (Å²) in [6.07, 6.45) is 56.3. The fraction of sp³-hybridized carbons (Fsp3) is 0.776. The fourth-order valence-corrected chi connectivity index (χ4v) is 8.47. The predicted molar refractivity (Wildman–Crippen MR) is 288 cm³/mol. The maximum atomic E-state index is 12.9. The minimum Gasteiger partial charge on any atom is -0.462 e. The molecule has 0 saturated carbocycles. The first-order valence-corrected chi connectivity index (χ1v) is 29.7. The normalized spacial score (nSPS) is 13.8. The van der Waals surface area contributed by atoms with Crippen molar-refractivity contribution in [3.63, 3.8) is 0 Å². The van der Waals surface area contributed by atoms with Crippen molar-refractivity contribution in [3.8, 4) is 0 Å². The molecule has 0 radical (unpaired) electrons. The van der Waals surface area contributed by atoms with E-state index in [2.05, 4.69) is 69.4 Å². The van der Waals surface area contributed by atoms with Gasteiger partial charge in [-0.3, -0.25) is 23.4 Å². The molecule has 406 valence electrons. The van der Waals surface area contributed by atoms with Crippen molar-refractivity contribution >= 4 is 25.7 Å². The zero-order valence-electron chi connectivity index (χ0n) is 44.7. The summed E-state index contributed by atoms with van der Waals surface area (Å²) in [6, 6.07) is 0. The number of hydrogen-bond donors (Lipinski definition) is 2. The van der Waals surface area contributed by atoms with Gasteiger partial charge in [0, 0.05) is 19.3 Å². The molecule has 0 aliphatic carbocycles. The van der Waals surface area contributed by atoms with Crippen LogP contribution >= 0.6 is 7.82 Å². The van der Waals surface area contributed by atoms with Crippen molar-refractivity contribution < 1.29 is 52.2 Å². The first kappa shape index (κ1) is 67.2. The molecule has 12 heteroatoms. The average Bonchev–Trinajstić information content (AvgIpc) is 3.35. The van der Waals surface area contributed by atoms with Gasteiger partial charge in [-0.1, -0.05) is 236 Å². The lowest BCUT2D eigenvalue weighted by molar-refractivity contribution is -0.161. The topological polar surface area (TPSA) is 155 Å². The van der Waals surface area contributed by atoms with E-state index in [1.54, 1.807) is 0 Å². The Balaban J connectivity index is 4.78. The molecule has 0 bridgehead atoms. The first-order chi connectivity index (χ1) is 34.2. The number of unbranched alkanes of at least 4 members (excludes halogenated alkanes) is 25. The largest absolute Gasteiger partial charge is 0.472 e. The second-order valence-corrected chi connectivity index (χ2v) is 20.2. The monoisotopic (exact) mass is 1010 g/mol. The van der Waals surface area contributed by atoms with E-state index in [9.17, 15) is 28.9 Å². The van der Waals surface area contributed by atoms with Crippen molar-refractivity contribution in [1.29, 1.82) is 0 Å². The van der Waals surface area contributed by atoms with E-state index >= 15 is 0 Å². The molecule has 0 spiro atoms. The Morgan fingerprint density at radius 2 is 0.743 bits per heavy atom. The Morgan fingerprint density at radius 1 is 0.414 bits per heavy atom. The van der Waals surface area contributed by atoms with Crippen LogP contribution in [-0.4, -0.2) is 66.5 Å². The van der Waals surface area contributed by atoms with Gasteiger partial charge in [-0.2, -0.15) is 0 Å². The van der Waals surface area contributed by atoms with Crippen molar-refractivity contribution in [2.24, 2.45) is 0 Å². The highest BCUT2D eigenvalue weighted by Gasteiger charge is 2.28. The van der Waals surface area contributed by atoms with Crippen LogP contribution in [-0.2, 0) is 42.2 Å². The minimum absolute atomic E-state index is 0.0912. The first-order valence-electron chi connectivity index (χ1n) is 28.2. The maximum absolute atomic E-state index is 12.9. The quantitative estimate of drug-likeness (QED) is 0.0197. The van der Waals surface area contributed by atoms with Crippen LogP contribution < -0.4 is 0 Å². The van der Waals surface area contributed by atoms with E-state index in [0.717, 1.165) is 70.6 Å². The van der Waals surface area contributed by atoms with Gasteiger partial charge in [-0.15, -0.1) is 0 Å². The lowest BCUT2D eigenvalue weighted by Gasteiger charge is -2.21. The highest BCUT2D eigenvalue weighted by atomic mass is 31.2. The second-order valence-electron chi connectivity index (χ2n) is 18.7. The number of aliphatic hydroxyl groups excluding tert-OH is 1. The third-order valence-electron chi connectivity index (χ3n) is 12.0. The van der Waals surface area contributed by atoms with Gasteiger partial charge in [0.25, 0.3) is 0 Å². The van der Waals surface area contributed by atoms with Crippen molar-refractivity contribution in [1.82, 2.24) is 0 Å². The van der Waals surface area contributed by atoms with Crippen LogP contribution in [0.1, 0.15) is 252 Å². The van der Waals surface area contributed by atoms with E-state index < -0.39 is 57.8 Å². The van der Waals surface area contributed by atoms with Gasteiger partial charge in [-0.25, -0.2) is 4.57 Å². The van der Waals surface area contributed by atoms with E-state index in [0.29, 0.717) is 25.7 Å². The summed E-state index contributed by atoms with van der Waals surface area (Å²) in [5, 5.41) is 9.76. The van der Waals surface area contributed by atoms with E-state index in [1.165, 1.54) is 116 Å². The molecule has 0 aliphatic rings. The van der Waals surface area contributed by atoms with Gasteiger partial charge >= 0.3 is 25.7 Å². The fourth-order valence-electron chi connectivity index (χ4n) is 7.69. The number of rotatable bonds is 52. The maximum Gasteiger partial charge on any atom is 0.472 e. The number of esters is 3. The van der Waals surface area contributed by atoms with Crippen LogP contribution in [0.5, 0.6) is 0 Å². The second kappa shape index (κ2) is 52.5. The molecule has 0 rings (SSSR count). The number of ether oxygens (including phenoxy) is 3. The molecule has 0 fully saturated rings. The van der Waals surface area contributed by atoms with E-state index in [-0.39, 0.29) is 25.9 Å². The number of hydrogen-bond acceptors (Lipinski definition) is 10. The van der Waals surface area contributed by atoms with E-state index in [4.69, 9.17) is 23.3 Å². The summed E-state index contributed by atoms with van der Waals surface area (Å²) in [5.41, 5.74) is 0. The van der Waals surface area contributed by atoms with E-state index in [1.807, 2.05) is 12.2 Å². The lowest BCUT2D eigenvalue weighted by atomic mass is 10.0. The SMILES string of the molecule is CC/C=C\C/C=C\C/C=C\C/C=C\C/C=C\CCCC(=O)OC(COC(=O)CCCCCCCCCCCCCCCCCCC)COP(=O)(O)OCC(CO)OC(=O)CCCCCCCCCCC. The number of phosphoric acid groups is 1. The summed E-state index contributed by atoms with van der Waals surface area (Å²) in [7, 11) is -4.75. The number of phosphoric ester groups is 1. The lowest BCUT2D eigenvalue weighted by Crippen LogP contribution is -2.30. The van der Waals surface area contributed by atoms with Crippen LogP contribution in [0.15, 0.2) is 60.8 Å². The predicted octanol–water partition coefficient (Wildman–Crippen LogP) is 16.4. The van der Waals surface area contributed by atoms with Crippen LogP contribution in [0.3, 0.4) is 0 Å². The van der Waals surface area contributed by atoms with Gasteiger partial charge in [0.15, 0.2) is 6.10 Å². The Hall–Kier alpha value is -2.82. The molecule has 2 N–H and O–H groups in total. The highest BCUT2D eigenvalue weighted by Crippen LogP contribution is 2.43. The zero-order chi connectivity index (χ0) is 51.3. The van der Waals surface area contributed by atoms with Crippen LogP contribution in [0, 0.1) is 0 Å². The van der Waals surface area contributed by atoms with Crippen molar-refractivity contribution in [2.75, 3.05) is 26.4 Å². The number of aliphatic hydroxyl groups is 1. The molecule has 0 aromatic heterocycles. The van der Waals surface area contributed by atoms with Gasteiger partial charge in [0.05, 0.1) is 19.8 Å². The molecule has 11 nitrogen and oxygen atoms in total. The molecule has 0 aromatic rings. The molecule has 3 atom stereocenters. The molecule has 0 saturated heterocycles. The Bertz CT molecular complexity index is 1410. The van der Waals surface area contributed by atoms with Crippen molar-refractivity contribution in [2.45, 2.75) is 264 Å². The molecular weight excluding hydrogens is 904 g/mol. The van der Waals surface area contributed by atoms with Gasteiger partial charge in [0.1, 0.15) is 12.7 Å². The van der Waals surface area contributed by atoms with Crippen molar-refractivity contribution in [3.05, 3.63) is 60.8 Å². The third-order valence-corrected chi connectivity index (χ3v) is 12.9. The Kier molecular flexibility index (Phi) is 50.4. The molecular formula is C58H103O11P.